The number of aromatic nitrogens is 2. The molecule has 1 amide bonds. The van der Waals surface area contributed by atoms with Gasteiger partial charge in [-0.25, -0.2) is 4.79 Å². The number of amides is 1. The van der Waals surface area contributed by atoms with Gasteiger partial charge in [-0.15, -0.1) is 0 Å². The molecule has 0 N–H and O–H groups in total. The van der Waals surface area contributed by atoms with Crippen LogP contribution < -0.4 is 0 Å². The average molecular weight is 679 g/mol. The van der Waals surface area contributed by atoms with Crippen molar-refractivity contribution in [1.82, 2.24) is 14.7 Å². The molecule has 0 atom stereocenters. The van der Waals surface area contributed by atoms with Crippen molar-refractivity contribution in [2.45, 2.75) is 55.1 Å². The van der Waals surface area contributed by atoms with Gasteiger partial charge in [-0.05, 0) is 6.92 Å². The Hall–Kier alpha value is -0.238. The predicted molar refractivity (Wildman–Crippen MR) is 119 cm³/mol. The second kappa shape index (κ2) is 9.55. The third-order valence-corrected chi connectivity index (χ3v) is 9.99. The minimum Gasteiger partial charge on any atom is 0 e. The van der Waals surface area contributed by atoms with Gasteiger partial charge in [0, 0.05) is 34.3 Å². The van der Waals surface area contributed by atoms with E-state index in [2.05, 4.69) is 12.9 Å². The minimum atomic E-state index is -3.37. The van der Waals surface area contributed by atoms with Crippen molar-refractivity contribution in [3.63, 3.8) is 0 Å². The maximum atomic E-state index is 13.2. The Kier molecular flexibility index (Phi) is 7.82. The van der Waals surface area contributed by atoms with Crippen LogP contribution >= 0.6 is 7.81 Å². The van der Waals surface area contributed by atoms with E-state index in [0.29, 0.717) is 60.9 Å². The van der Waals surface area contributed by atoms with Gasteiger partial charge in [-0.2, -0.15) is 5.10 Å². The first-order valence-electron chi connectivity index (χ1n) is 10.00. The van der Waals surface area contributed by atoms with E-state index in [4.69, 9.17) is 8.92 Å². The van der Waals surface area contributed by atoms with Crippen LogP contribution in [-0.4, -0.2) is 98.1 Å². The molecule has 0 aromatic carbocycles. The third kappa shape index (κ3) is 4.45. The number of ether oxygens (including phenoxy) is 1. The Morgan fingerprint density at radius 3 is 2.61 bits per heavy atom. The van der Waals surface area contributed by atoms with Gasteiger partial charge in [0.25, 0.3) is 0 Å². The van der Waals surface area contributed by atoms with Crippen LogP contribution in [0.15, 0.2) is 0 Å². The molecule has 0 bridgehead atoms. The molecule has 0 saturated heterocycles. The Balaban J connectivity index is 0.00000272. The molecule has 1 radical (unpaired) electrons. The summed E-state index contributed by atoms with van der Waals surface area (Å²) in [5.41, 5.74) is 1.08. The van der Waals surface area contributed by atoms with E-state index in [9.17, 15) is 18.0 Å². The van der Waals surface area contributed by atoms with E-state index < -0.39 is 25.8 Å². The van der Waals surface area contributed by atoms with Crippen molar-refractivity contribution in [3.8, 4) is 0 Å². The summed E-state index contributed by atoms with van der Waals surface area (Å²) in [7, 11) is 2.24. The van der Waals surface area contributed by atoms with Gasteiger partial charge in [-0.1, -0.05) is 0 Å². The first-order valence-corrected chi connectivity index (χ1v) is 13.5. The van der Waals surface area contributed by atoms with Crippen molar-refractivity contribution in [2.75, 3.05) is 19.7 Å². The second-order valence-electron chi connectivity index (χ2n) is 8.13. The molecule has 2 saturated carbocycles. The number of hydrogen-bond donors (Lipinski definition) is 0. The number of carbonyl (C=O) groups excluding carboxylic acids is 2. The van der Waals surface area contributed by atoms with Gasteiger partial charge in [-0.3, -0.25) is 0 Å². The van der Waals surface area contributed by atoms with Crippen LogP contribution in [0.3, 0.4) is 0 Å². The summed E-state index contributed by atoms with van der Waals surface area (Å²) in [5.74, 6) is -0.828. The zero-order chi connectivity index (χ0) is 21.7. The van der Waals surface area contributed by atoms with E-state index in [1.54, 1.807) is 18.9 Å². The standard InChI is InChI=1S/C18H25N3O6PS2.Tl/c1-3-26-17(23)14-13-4-7-21(16(22)15(13)20(2)19-14)10-18(5-6-18)30(24,25)12-8-11(9-12)27-29-28;/h11-12,29H,3-10H2,1-2H3;/q-1;. The van der Waals surface area contributed by atoms with E-state index in [1.807, 2.05) is 0 Å². The monoisotopic (exact) mass is 679 g/mol. The zero-order valence-corrected chi connectivity index (χ0v) is 24.6. The molecule has 169 valence electrons. The number of fused-ring (bicyclic) bond motifs is 1. The fourth-order valence-corrected chi connectivity index (χ4v) is 7.74. The summed E-state index contributed by atoms with van der Waals surface area (Å²) in [5, 5.41) is 3.77. The smallest absolute Gasteiger partial charge is 0 e. The number of nitrogens with zero attached hydrogens (tertiary/aromatic N) is 3. The molecule has 3 aliphatic rings. The van der Waals surface area contributed by atoms with Gasteiger partial charge in [0.15, 0.2) is 5.69 Å². The summed E-state index contributed by atoms with van der Waals surface area (Å²) in [6.45, 7) is 2.48. The Labute approximate surface area is 207 Å². The number of rotatable bonds is 7. The molecule has 2 aliphatic carbocycles. The summed E-state index contributed by atoms with van der Waals surface area (Å²) >= 11 is 0.508. The largest absolute Gasteiger partial charge is 0 e. The topological polar surface area (TPSA) is 108 Å². The molecule has 1 aromatic rings. The average Bonchev–Trinajstić information content (AvgIpc) is 3.37. The first kappa shape index (κ1) is 25.4. The maximum absolute atomic E-state index is 13.2. The third-order valence-electron chi connectivity index (χ3n) is 6.31. The van der Waals surface area contributed by atoms with E-state index in [-0.39, 0.29) is 58.2 Å². The molecule has 9 nitrogen and oxygen atoms in total. The molecule has 0 unspecified atom stereocenters. The Morgan fingerprint density at radius 1 is 1.35 bits per heavy atom. The maximum Gasteiger partial charge on any atom is 0 e. The van der Waals surface area contributed by atoms with Crippen LogP contribution in [0, 0.1) is 0 Å². The number of esters is 1. The van der Waals surface area contributed by atoms with Crippen molar-refractivity contribution in [1.29, 1.82) is 0 Å². The predicted octanol–water partition coefficient (Wildman–Crippen LogP) is 0.765. The van der Waals surface area contributed by atoms with E-state index in [0.717, 1.165) is 0 Å². The Morgan fingerprint density at radius 2 is 2.03 bits per heavy atom. The molecular formula is C18H25N3O6PS2Tl-. The summed E-state index contributed by atoms with van der Waals surface area (Å²) in [6.07, 6.45) is 2.49. The van der Waals surface area contributed by atoms with Crippen molar-refractivity contribution >= 4 is 67.8 Å². The summed E-state index contributed by atoms with van der Waals surface area (Å²) in [4.78, 5) is 26.9. The molecule has 13 heteroatoms. The molecule has 1 aromatic heterocycles. The summed E-state index contributed by atoms with van der Waals surface area (Å²) in [6, 6.07) is 0. The second-order valence-corrected chi connectivity index (χ2v) is 11.6. The van der Waals surface area contributed by atoms with Crippen LogP contribution in [0.1, 0.15) is 59.1 Å². The van der Waals surface area contributed by atoms with Gasteiger partial charge >= 0.3 is 140 Å². The number of carbonyl (C=O) groups is 2. The van der Waals surface area contributed by atoms with Crippen molar-refractivity contribution < 1.29 is 26.9 Å². The molecule has 0 spiro atoms. The molecule has 2 fully saturated rings. The van der Waals surface area contributed by atoms with E-state index in [1.165, 1.54) is 4.68 Å². The van der Waals surface area contributed by atoms with E-state index >= 15 is 0 Å². The van der Waals surface area contributed by atoms with Crippen LogP contribution in [0.4, 0.5) is 0 Å². The van der Waals surface area contributed by atoms with Gasteiger partial charge in [0.2, 0.25) is 0 Å². The summed E-state index contributed by atoms with van der Waals surface area (Å²) < 4.78 is 37.4. The minimum absolute atomic E-state index is 0. The van der Waals surface area contributed by atoms with Crippen LogP contribution in [0.2, 0.25) is 0 Å². The SMILES string of the molecule is CCOC(=O)c1nn(C)c2c1CCN(CC1(S(=O)(=O)C3CC(O[SH-]#P)C3)CC1)C2=O.[Tl]. The Bertz CT molecular complexity index is 1040. The fourth-order valence-electron chi connectivity index (χ4n) is 4.38. The molecule has 31 heavy (non-hydrogen) atoms. The number of thiol groups is 1. The van der Waals surface area contributed by atoms with Gasteiger partial charge < -0.3 is 4.74 Å². The molecule has 2 heterocycles. The number of sulfone groups is 1. The van der Waals surface area contributed by atoms with Gasteiger partial charge in [0.05, 0.1) is 6.61 Å². The van der Waals surface area contributed by atoms with Crippen molar-refractivity contribution in [3.05, 3.63) is 17.0 Å². The van der Waals surface area contributed by atoms with Crippen LogP contribution in [-0.2, 0) is 43.2 Å². The van der Waals surface area contributed by atoms with Crippen LogP contribution in [0.5, 0.6) is 0 Å². The molecular weight excluding hydrogens is 654 g/mol. The van der Waals surface area contributed by atoms with Crippen molar-refractivity contribution in [2.24, 2.45) is 7.05 Å². The van der Waals surface area contributed by atoms with Gasteiger partial charge in [0.1, 0.15) is 0 Å². The zero-order valence-electron chi connectivity index (χ0n) is 17.5. The number of aryl methyl sites for hydroxylation is 1. The fraction of sp³-hybridized carbons (Fsp3) is 0.722. The van der Waals surface area contributed by atoms with Crippen LogP contribution in [0.25, 0.3) is 0 Å². The normalized spacial score (nSPS) is 24.0. The number of hydrogen-bond acceptors (Lipinski definition) is 8. The molecule has 4 rings (SSSR count). The first-order chi connectivity index (χ1) is 14.2. The quantitative estimate of drug-likeness (QED) is 0.138. The molecule has 1 aliphatic heterocycles.